The summed E-state index contributed by atoms with van der Waals surface area (Å²) < 4.78 is 4.91. The molecule has 1 aromatic rings. The lowest BCUT2D eigenvalue weighted by atomic mass is 10.4. The monoisotopic (exact) mass is 195 g/mol. The average molecular weight is 195 g/mol. The van der Waals surface area contributed by atoms with E-state index >= 15 is 0 Å². The van der Waals surface area contributed by atoms with Crippen LogP contribution >= 0.6 is 0 Å². The Morgan fingerprint density at radius 1 is 1.86 bits per heavy atom. The van der Waals surface area contributed by atoms with Crippen molar-refractivity contribution in [3.8, 4) is 6.07 Å². The van der Waals surface area contributed by atoms with Gasteiger partial charge in [-0.3, -0.25) is 0 Å². The predicted molar refractivity (Wildman–Crippen MR) is 47.0 cm³/mol. The lowest BCUT2D eigenvalue weighted by Gasteiger charge is -2.10. The molecule has 0 radical (unpaired) electrons. The highest BCUT2D eigenvalue weighted by Gasteiger charge is 2.12. The number of aromatic carboxylic acids is 1. The highest BCUT2D eigenvalue weighted by atomic mass is 16.4. The molecule has 1 heterocycles. The lowest BCUT2D eigenvalue weighted by molar-refractivity contribution is 0.0690. The lowest BCUT2D eigenvalue weighted by Crippen LogP contribution is -2.18. The van der Waals surface area contributed by atoms with Crippen LogP contribution in [0.25, 0.3) is 0 Å². The summed E-state index contributed by atoms with van der Waals surface area (Å²) in [5.41, 5.74) is -0.135. The van der Waals surface area contributed by atoms with Crippen molar-refractivity contribution < 1.29 is 14.3 Å². The quantitative estimate of drug-likeness (QED) is 0.761. The molecule has 1 aromatic heterocycles. The largest absolute Gasteiger partial charge is 0.476 e. The first-order chi connectivity index (χ1) is 6.65. The Balaban J connectivity index is 2.67. The number of nitriles is 1. The maximum atomic E-state index is 10.5. The standard InChI is InChI=1S/C8H9N3O3/c1-11(4-2-3-9)8-10-6(5-14-8)7(12)13/h5H,2,4H2,1H3,(H,12,13). The number of hydrogen-bond donors (Lipinski definition) is 1. The number of nitrogens with zero attached hydrogens (tertiary/aromatic N) is 3. The maximum absolute atomic E-state index is 10.5. The maximum Gasteiger partial charge on any atom is 0.357 e. The van der Waals surface area contributed by atoms with Crippen LogP contribution < -0.4 is 4.90 Å². The van der Waals surface area contributed by atoms with E-state index in [0.717, 1.165) is 6.26 Å². The zero-order valence-corrected chi connectivity index (χ0v) is 7.60. The van der Waals surface area contributed by atoms with Gasteiger partial charge in [0.05, 0.1) is 12.5 Å². The van der Waals surface area contributed by atoms with Crippen molar-refractivity contribution >= 4 is 12.0 Å². The predicted octanol–water partition coefficient (Wildman–Crippen LogP) is 0.723. The summed E-state index contributed by atoms with van der Waals surface area (Å²) in [4.78, 5) is 15.7. The van der Waals surface area contributed by atoms with Crippen molar-refractivity contribution in [2.45, 2.75) is 6.42 Å². The Morgan fingerprint density at radius 3 is 3.07 bits per heavy atom. The van der Waals surface area contributed by atoms with Gasteiger partial charge in [-0.05, 0) is 0 Å². The number of carboxylic acid groups (broad SMARTS) is 1. The number of aromatic nitrogens is 1. The molecule has 14 heavy (non-hydrogen) atoms. The molecule has 0 aliphatic rings. The van der Waals surface area contributed by atoms with E-state index in [2.05, 4.69) is 4.98 Å². The Bertz CT molecular complexity index is 366. The van der Waals surface area contributed by atoms with Gasteiger partial charge in [-0.1, -0.05) is 0 Å². The Labute approximate surface area is 80.4 Å². The summed E-state index contributed by atoms with van der Waals surface area (Å²) >= 11 is 0. The van der Waals surface area contributed by atoms with Crippen molar-refractivity contribution in [3.63, 3.8) is 0 Å². The van der Waals surface area contributed by atoms with Gasteiger partial charge in [0.25, 0.3) is 6.01 Å². The summed E-state index contributed by atoms with van der Waals surface area (Å²) in [6.07, 6.45) is 1.40. The normalized spacial score (nSPS) is 9.43. The van der Waals surface area contributed by atoms with E-state index in [1.165, 1.54) is 0 Å². The van der Waals surface area contributed by atoms with Crippen LogP contribution in [0.4, 0.5) is 6.01 Å². The van der Waals surface area contributed by atoms with E-state index in [4.69, 9.17) is 14.8 Å². The molecular weight excluding hydrogens is 186 g/mol. The summed E-state index contributed by atoms with van der Waals surface area (Å²) in [7, 11) is 1.68. The highest BCUT2D eigenvalue weighted by molar-refractivity contribution is 5.85. The van der Waals surface area contributed by atoms with Crippen LogP contribution in [-0.4, -0.2) is 29.7 Å². The SMILES string of the molecule is CN(CCC#N)c1nc(C(=O)O)co1. The van der Waals surface area contributed by atoms with Gasteiger partial charge < -0.3 is 14.4 Å². The number of carbonyl (C=O) groups is 1. The molecule has 0 aliphatic heterocycles. The molecule has 0 saturated heterocycles. The molecule has 0 amide bonds. The zero-order valence-electron chi connectivity index (χ0n) is 7.60. The fourth-order valence-electron chi connectivity index (χ4n) is 0.851. The molecule has 1 N–H and O–H groups in total. The minimum absolute atomic E-state index is 0.135. The van der Waals surface area contributed by atoms with Crippen molar-refractivity contribution in [2.75, 3.05) is 18.5 Å². The fraction of sp³-hybridized carbons (Fsp3) is 0.375. The van der Waals surface area contributed by atoms with Crippen LogP contribution in [0.5, 0.6) is 0 Å². The molecule has 74 valence electrons. The smallest absolute Gasteiger partial charge is 0.357 e. The van der Waals surface area contributed by atoms with E-state index < -0.39 is 5.97 Å². The van der Waals surface area contributed by atoms with Crippen LogP contribution in [0.15, 0.2) is 10.7 Å². The van der Waals surface area contributed by atoms with E-state index in [9.17, 15) is 4.79 Å². The van der Waals surface area contributed by atoms with Gasteiger partial charge in [-0.2, -0.15) is 10.2 Å². The molecule has 0 fully saturated rings. The molecular formula is C8H9N3O3. The summed E-state index contributed by atoms with van der Waals surface area (Å²) in [5.74, 6) is -1.13. The molecule has 0 unspecified atom stereocenters. The van der Waals surface area contributed by atoms with Crippen molar-refractivity contribution in [1.29, 1.82) is 5.26 Å². The second kappa shape index (κ2) is 4.28. The van der Waals surface area contributed by atoms with Crippen LogP contribution in [0.1, 0.15) is 16.9 Å². The molecule has 1 rings (SSSR count). The first-order valence-electron chi connectivity index (χ1n) is 3.92. The van der Waals surface area contributed by atoms with Crippen molar-refractivity contribution in [1.82, 2.24) is 4.98 Å². The van der Waals surface area contributed by atoms with E-state index in [1.807, 2.05) is 6.07 Å². The summed E-state index contributed by atoms with van der Waals surface area (Å²) in [5, 5.41) is 16.9. The first kappa shape index (κ1) is 10.1. The fourth-order valence-corrected chi connectivity index (χ4v) is 0.851. The van der Waals surface area contributed by atoms with Crippen molar-refractivity contribution in [3.05, 3.63) is 12.0 Å². The zero-order chi connectivity index (χ0) is 10.6. The van der Waals surface area contributed by atoms with Gasteiger partial charge in [0.15, 0.2) is 5.69 Å². The van der Waals surface area contributed by atoms with Crippen LogP contribution in [0, 0.1) is 11.3 Å². The number of hydrogen-bond acceptors (Lipinski definition) is 5. The number of anilines is 1. The first-order valence-corrected chi connectivity index (χ1v) is 3.92. The third kappa shape index (κ3) is 2.23. The van der Waals surface area contributed by atoms with Gasteiger partial charge >= 0.3 is 5.97 Å². The highest BCUT2D eigenvalue weighted by Crippen LogP contribution is 2.11. The van der Waals surface area contributed by atoms with E-state index in [0.29, 0.717) is 13.0 Å². The third-order valence-corrected chi connectivity index (χ3v) is 1.60. The minimum Gasteiger partial charge on any atom is -0.476 e. The third-order valence-electron chi connectivity index (χ3n) is 1.60. The topological polar surface area (TPSA) is 90.4 Å². The molecule has 0 atom stereocenters. The second-order valence-electron chi connectivity index (χ2n) is 2.65. The summed E-state index contributed by atoms with van der Waals surface area (Å²) in [6, 6.07) is 2.18. The van der Waals surface area contributed by atoms with Crippen molar-refractivity contribution in [2.24, 2.45) is 0 Å². The molecule has 0 spiro atoms. The molecule has 0 saturated carbocycles. The molecule has 0 aromatic carbocycles. The Hall–Kier alpha value is -2.03. The Kier molecular flexibility index (Phi) is 3.07. The minimum atomic E-state index is -1.13. The summed E-state index contributed by atoms with van der Waals surface area (Å²) in [6.45, 7) is 0.454. The number of oxazole rings is 1. The molecule has 6 heteroatoms. The average Bonchev–Trinajstić information content (AvgIpc) is 2.62. The second-order valence-corrected chi connectivity index (χ2v) is 2.65. The van der Waals surface area contributed by atoms with Gasteiger partial charge in [-0.15, -0.1) is 0 Å². The molecule has 6 nitrogen and oxygen atoms in total. The van der Waals surface area contributed by atoms with Gasteiger partial charge in [0, 0.05) is 13.6 Å². The Morgan fingerprint density at radius 2 is 2.57 bits per heavy atom. The van der Waals surface area contributed by atoms with Crippen LogP contribution in [0.3, 0.4) is 0 Å². The number of carboxylic acids is 1. The van der Waals surface area contributed by atoms with Crippen LogP contribution in [-0.2, 0) is 0 Å². The molecule has 0 aliphatic carbocycles. The van der Waals surface area contributed by atoms with E-state index in [-0.39, 0.29) is 11.7 Å². The number of rotatable bonds is 4. The van der Waals surface area contributed by atoms with Gasteiger partial charge in [0.2, 0.25) is 0 Å². The van der Waals surface area contributed by atoms with Crippen LogP contribution in [0.2, 0.25) is 0 Å². The van der Waals surface area contributed by atoms with E-state index in [1.54, 1.807) is 11.9 Å². The van der Waals surface area contributed by atoms with Gasteiger partial charge in [-0.25, -0.2) is 4.79 Å². The molecule has 0 bridgehead atoms. The van der Waals surface area contributed by atoms with Gasteiger partial charge in [0.1, 0.15) is 6.26 Å².